The molecule has 0 saturated heterocycles. The van der Waals surface area contributed by atoms with Crippen LogP contribution < -0.4 is 9.47 Å². The largest absolute Gasteiger partial charge is 0.514 e. The topological polar surface area (TPSA) is 63.2 Å². The Bertz CT molecular complexity index is 844. The second-order valence-electron chi connectivity index (χ2n) is 9.41. The second-order valence-corrected chi connectivity index (χ2v) is 9.41. The summed E-state index contributed by atoms with van der Waals surface area (Å²) in [6, 6.07) is 15.1. The fraction of sp³-hybridized carbons (Fsp3) is 0.480. The highest BCUT2D eigenvalue weighted by Crippen LogP contribution is 2.26. The van der Waals surface area contributed by atoms with E-state index in [0.717, 1.165) is 17.5 Å². The van der Waals surface area contributed by atoms with Crippen LogP contribution in [0.2, 0.25) is 0 Å². The molecular weight excluding hydrogens is 396 g/mol. The van der Waals surface area contributed by atoms with Crippen LogP contribution in [0.5, 0.6) is 11.5 Å². The molecule has 31 heavy (non-hydrogen) atoms. The molecular formula is C25H34O6. The molecule has 0 spiro atoms. The predicted octanol–water partition coefficient (Wildman–Crippen LogP) is 6.11. The quantitative estimate of drug-likeness (QED) is 0.300. The van der Waals surface area contributed by atoms with Gasteiger partial charge in [0.25, 0.3) is 0 Å². The van der Waals surface area contributed by atoms with Crippen molar-refractivity contribution in [3.63, 3.8) is 0 Å². The zero-order chi connectivity index (χ0) is 23.3. The van der Waals surface area contributed by atoms with Crippen LogP contribution in [0.25, 0.3) is 0 Å². The molecule has 0 aromatic heterocycles. The molecule has 0 bridgehead atoms. The van der Waals surface area contributed by atoms with E-state index in [9.17, 15) is 4.79 Å². The zero-order valence-electron chi connectivity index (χ0n) is 19.8. The highest BCUT2D eigenvalue weighted by Gasteiger charge is 2.33. The molecule has 1 unspecified atom stereocenters. The van der Waals surface area contributed by atoms with E-state index in [4.69, 9.17) is 23.7 Å². The number of hydrogen-bond acceptors (Lipinski definition) is 6. The monoisotopic (exact) mass is 430 g/mol. The molecule has 6 nitrogen and oxygen atoms in total. The van der Waals surface area contributed by atoms with Gasteiger partial charge in [0.1, 0.15) is 17.1 Å². The lowest BCUT2D eigenvalue weighted by Gasteiger charge is -2.34. The van der Waals surface area contributed by atoms with Gasteiger partial charge in [0.2, 0.25) is 0 Å². The van der Waals surface area contributed by atoms with Gasteiger partial charge >= 0.3 is 12.1 Å². The van der Waals surface area contributed by atoms with Gasteiger partial charge in [-0.1, -0.05) is 24.3 Å². The van der Waals surface area contributed by atoms with Crippen LogP contribution in [-0.2, 0) is 20.6 Å². The molecule has 1 atom stereocenters. The summed E-state index contributed by atoms with van der Waals surface area (Å²) in [4.78, 5) is 11.8. The van der Waals surface area contributed by atoms with Crippen LogP contribution in [0.3, 0.4) is 0 Å². The predicted molar refractivity (Wildman–Crippen MR) is 119 cm³/mol. The maximum absolute atomic E-state index is 11.8. The van der Waals surface area contributed by atoms with Crippen molar-refractivity contribution in [1.29, 1.82) is 0 Å². The lowest BCUT2D eigenvalue weighted by atomic mass is 10.0. The summed E-state index contributed by atoms with van der Waals surface area (Å²) in [5, 5.41) is 0. The Morgan fingerprint density at radius 1 is 0.742 bits per heavy atom. The Hall–Kier alpha value is -2.57. The van der Waals surface area contributed by atoms with Crippen molar-refractivity contribution >= 4 is 6.16 Å². The van der Waals surface area contributed by atoms with Crippen molar-refractivity contribution in [3.05, 3.63) is 59.7 Å². The van der Waals surface area contributed by atoms with Crippen LogP contribution in [0.4, 0.5) is 4.79 Å². The van der Waals surface area contributed by atoms with Crippen LogP contribution in [-0.4, -0.2) is 30.4 Å². The molecule has 0 amide bonds. The van der Waals surface area contributed by atoms with E-state index in [-0.39, 0.29) is 0 Å². The van der Waals surface area contributed by atoms with Gasteiger partial charge in [-0.3, -0.25) is 0 Å². The van der Waals surface area contributed by atoms with Gasteiger partial charge in [-0.15, -0.1) is 0 Å². The van der Waals surface area contributed by atoms with Crippen LogP contribution in [0.1, 0.15) is 59.6 Å². The smallest absolute Gasteiger partial charge is 0.439 e. The molecule has 2 rings (SSSR count). The maximum Gasteiger partial charge on any atom is 0.514 e. The lowest BCUT2D eigenvalue weighted by molar-refractivity contribution is -0.352. The van der Waals surface area contributed by atoms with Crippen molar-refractivity contribution in [2.75, 3.05) is 7.11 Å². The van der Waals surface area contributed by atoms with Gasteiger partial charge < -0.3 is 23.7 Å². The van der Waals surface area contributed by atoms with Gasteiger partial charge in [0.15, 0.2) is 0 Å². The first-order chi connectivity index (χ1) is 14.3. The number of carbonyl (C=O) groups is 1. The van der Waals surface area contributed by atoms with Crippen molar-refractivity contribution in [2.24, 2.45) is 0 Å². The third-order valence-electron chi connectivity index (χ3n) is 4.01. The number of carbonyl (C=O) groups excluding carboxylic acids is 1. The van der Waals surface area contributed by atoms with Crippen molar-refractivity contribution in [2.45, 2.75) is 72.1 Å². The van der Waals surface area contributed by atoms with Crippen molar-refractivity contribution < 1.29 is 28.5 Å². The third kappa shape index (κ3) is 8.99. The van der Waals surface area contributed by atoms with Gasteiger partial charge in [0.05, 0.1) is 5.60 Å². The van der Waals surface area contributed by atoms with Gasteiger partial charge in [-0.05, 0) is 83.4 Å². The molecule has 0 saturated carbocycles. The number of rotatable bonds is 7. The summed E-state index contributed by atoms with van der Waals surface area (Å²) in [5.41, 5.74) is 1.20. The van der Waals surface area contributed by atoms with Crippen molar-refractivity contribution in [3.8, 4) is 11.5 Å². The van der Waals surface area contributed by atoms with Gasteiger partial charge in [-0.2, -0.15) is 0 Å². The maximum atomic E-state index is 11.8. The van der Waals surface area contributed by atoms with Crippen LogP contribution in [0.15, 0.2) is 48.5 Å². The molecule has 0 aliphatic carbocycles. The summed E-state index contributed by atoms with van der Waals surface area (Å²) in [6.45, 7) is 13.0. The average molecular weight is 431 g/mol. The van der Waals surface area contributed by atoms with Gasteiger partial charge in [0, 0.05) is 14.0 Å². The minimum atomic E-state index is -1.18. The second kappa shape index (κ2) is 9.71. The molecule has 0 radical (unpaired) electrons. The van der Waals surface area contributed by atoms with Crippen molar-refractivity contribution in [1.82, 2.24) is 0 Å². The van der Waals surface area contributed by atoms with E-state index in [1.165, 1.54) is 0 Å². The number of ether oxygens (including phenoxy) is 5. The number of hydrogen-bond donors (Lipinski definition) is 0. The molecule has 0 aliphatic rings. The molecule has 0 N–H and O–H groups in total. The Morgan fingerprint density at radius 3 is 1.65 bits per heavy atom. The standard InChI is InChI=1S/C25H34O6/c1-23(2,3)30-22(26)28-20-13-9-18(10-14-20)17-19-11-15-21(16-12-19)29-25(7,27-8)31-24(4,5)6/h9-16H,17H2,1-8H3. The molecule has 2 aromatic rings. The minimum Gasteiger partial charge on any atom is -0.439 e. The molecule has 0 aliphatic heterocycles. The van der Waals surface area contributed by atoms with E-state index in [1.54, 1.807) is 46.9 Å². The first kappa shape index (κ1) is 24.7. The SMILES string of the molecule is COC(C)(Oc1ccc(Cc2ccc(OC(=O)OC(C)(C)C)cc2)cc1)OC(C)(C)C. The molecule has 2 aromatic carbocycles. The Balaban J connectivity index is 1.96. The third-order valence-corrected chi connectivity index (χ3v) is 4.01. The first-order valence-corrected chi connectivity index (χ1v) is 10.3. The molecule has 0 heterocycles. The number of methoxy groups -OCH3 is 1. The number of benzene rings is 2. The minimum absolute atomic E-state index is 0.413. The summed E-state index contributed by atoms with van der Waals surface area (Å²) in [5.74, 6) is -0.0816. The molecule has 6 heteroatoms. The Morgan fingerprint density at radius 2 is 1.23 bits per heavy atom. The Labute approximate surface area is 185 Å². The lowest BCUT2D eigenvalue weighted by Crippen LogP contribution is -2.44. The highest BCUT2D eigenvalue weighted by molar-refractivity contribution is 5.64. The fourth-order valence-electron chi connectivity index (χ4n) is 2.83. The Kier molecular flexibility index (Phi) is 7.73. The summed E-state index contributed by atoms with van der Waals surface area (Å²) >= 11 is 0. The summed E-state index contributed by atoms with van der Waals surface area (Å²) in [7, 11) is 1.55. The van der Waals surface area contributed by atoms with Crippen LogP contribution >= 0.6 is 0 Å². The highest BCUT2D eigenvalue weighted by atomic mass is 16.9. The van der Waals surface area contributed by atoms with E-state index >= 15 is 0 Å². The normalized spacial score (nSPS) is 13.9. The summed E-state index contributed by atoms with van der Waals surface area (Å²) in [6.07, 6.45) is 0.0156. The molecule has 0 fully saturated rings. The van der Waals surface area contributed by atoms with E-state index in [1.807, 2.05) is 57.2 Å². The first-order valence-electron chi connectivity index (χ1n) is 10.3. The van der Waals surface area contributed by atoms with Crippen LogP contribution in [0, 0.1) is 0 Å². The van der Waals surface area contributed by atoms with Gasteiger partial charge in [-0.25, -0.2) is 4.79 Å². The average Bonchev–Trinajstić information content (AvgIpc) is 2.62. The van der Waals surface area contributed by atoms with E-state index < -0.39 is 23.3 Å². The van der Waals surface area contributed by atoms with E-state index in [2.05, 4.69) is 0 Å². The fourth-order valence-corrected chi connectivity index (χ4v) is 2.83. The molecule has 170 valence electrons. The summed E-state index contributed by atoms with van der Waals surface area (Å²) < 4.78 is 27.6. The zero-order valence-corrected chi connectivity index (χ0v) is 19.8. The van der Waals surface area contributed by atoms with E-state index in [0.29, 0.717) is 11.5 Å².